The fraction of sp³-hybridized carbons (Fsp3) is 0.333. The van der Waals surface area contributed by atoms with E-state index in [-0.39, 0.29) is 0 Å². The first-order chi connectivity index (χ1) is 11.6. The number of hydrogen-bond donors (Lipinski definition) is 1. The molecule has 0 aliphatic heterocycles. The number of thiophene rings is 1. The van der Waals surface area contributed by atoms with Gasteiger partial charge in [0.1, 0.15) is 16.5 Å². The molecule has 2 aromatic heterocycles. The van der Waals surface area contributed by atoms with E-state index in [1.807, 2.05) is 37.1 Å². The summed E-state index contributed by atoms with van der Waals surface area (Å²) in [6.45, 7) is 2.65. The Morgan fingerprint density at radius 3 is 2.71 bits per heavy atom. The number of anilines is 1. The summed E-state index contributed by atoms with van der Waals surface area (Å²) >= 11 is 1.66. The highest BCUT2D eigenvalue weighted by Gasteiger charge is 2.16. The van der Waals surface area contributed by atoms with E-state index in [0.717, 1.165) is 26.7 Å². The van der Waals surface area contributed by atoms with Crippen LogP contribution in [0.4, 0.5) is 5.82 Å². The predicted octanol–water partition coefficient (Wildman–Crippen LogP) is 3.11. The molecule has 24 heavy (non-hydrogen) atoms. The van der Waals surface area contributed by atoms with E-state index in [1.54, 1.807) is 18.4 Å². The second-order valence-corrected chi connectivity index (χ2v) is 6.81. The maximum Gasteiger partial charge on any atom is 0.140 e. The highest BCUT2D eigenvalue weighted by Crippen LogP contribution is 2.36. The molecule has 3 rings (SSSR count). The summed E-state index contributed by atoms with van der Waals surface area (Å²) in [5.74, 6) is 1.57. The minimum atomic E-state index is -0.558. The number of nitrogens with zero attached hydrogens (tertiary/aromatic N) is 3. The first kappa shape index (κ1) is 16.8. The molecule has 1 unspecified atom stereocenters. The second-order valence-electron chi connectivity index (χ2n) is 5.78. The fourth-order valence-corrected chi connectivity index (χ4v) is 3.77. The van der Waals surface area contributed by atoms with Gasteiger partial charge in [-0.1, -0.05) is 30.3 Å². The topological polar surface area (TPSA) is 58.5 Å². The zero-order chi connectivity index (χ0) is 17.1. The molecule has 0 aliphatic rings. The molecule has 1 atom stereocenters. The van der Waals surface area contributed by atoms with Crippen molar-refractivity contribution in [1.29, 1.82) is 0 Å². The smallest absolute Gasteiger partial charge is 0.140 e. The summed E-state index contributed by atoms with van der Waals surface area (Å²) in [6, 6.07) is 12.4. The van der Waals surface area contributed by atoms with Gasteiger partial charge in [0, 0.05) is 25.6 Å². The van der Waals surface area contributed by atoms with E-state index < -0.39 is 6.10 Å². The van der Waals surface area contributed by atoms with Crippen LogP contribution in [0, 0.1) is 6.92 Å². The van der Waals surface area contributed by atoms with Crippen LogP contribution < -0.4 is 4.90 Å². The number of rotatable bonds is 6. The monoisotopic (exact) mass is 343 g/mol. The van der Waals surface area contributed by atoms with Crippen LogP contribution in [-0.4, -0.2) is 48.5 Å². The van der Waals surface area contributed by atoms with Crippen molar-refractivity contribution in [1.82, 2.24) is 9.97 Å². The first-order valence-electron chi connectivity index (χ1n) is 7.80. The number of aliphatic hydroxyl groups excluding tert-OH is 1. The van der Waals surface area contributed by atoms with Crippen molar-refractivity contribution in [3.05, 3.63) is 42.2 Å². The Hall–Kier alpha value is -2.02. The number of aromatic nitrogens is 2. The molecule has 0 spiro atoms. The van der Waals surface area contributed by atoms with Crippen LogP contribution in [0.3, 0.4) is 0 Å². The van der Waals surface area contributed by atoms with Gasteiger partial charge in [-0.05, 0) is 18.6 Å². The Labute approximate surface area is 145 Å². The van der Waals surface area contributed by atoms with Crippen LogP contribution in [-0.2, 0) is 4.74 Å². The van der Waals surface area contributed by atoms with Crippen LogP contribution in [0.25, 0.3) is 20.7 Å². The Morgan fingerprint density at radius 2 is 2.00 bits per heavy atom. The van der Waals surface area contributed by atoms with E-state index in [1.165, 1.54) is 5.56 Å². The number of aryl methyl sites for hydroxylation is 1. The van der Waals surface area contributed by atoms with Gasteiger partial charge in [0.05, 0.1) is 18.1 Å². The van der Waals surface area contributed by atoms with E-state index in [0.29, 0.717) is 13.2 Å². The molecule has 0 aliphatic carbocycles. The van der Waals surface area contributed by atoms with Crippen LogP contribution >= 0.6 is 11.3 Å². The molecule has 5 nitrogen and oxygen atoms in total. The van der Waals surface area contributed by atoms with E-state index in [9.17, 15) is 5.11 Å². The molecular weight excluding hydrogens is 322 g/mol. The first-order valence-corrected chi connectivity index (χ1v) is 8.62. The molecule has 0 fully saturated rings. The Morgan fingerprint density at radius 1 is 1.25 bits per heavy atom. The van der Waals surface area contributed by atoms with Gasteiger partial charge < -0.3 is 14.7 Å². The third kappa shape index (κ3) is 3.56. The number of likely N-dealkylation sites (N-methyl/N-ethyl adjacent to an activating group) is 1. The van der Waals surface area contributed by atoms with Crippen LogP contribution in [0.5, 0.6) is 0 Å². The molecule has 0 saturated carbocycles. The molecule has 3 aromatic rings. The minimum Gasteiger partial charge on any atom is -0.389 e. The second kappa shape index (κ2) is 7.25. The van der Waals surface area contributed by atoms with Crippen molar-refractivity contribution in [3.8, 4) is 10.4 Å². The maximum absolute atomic E-state index is 10.00. The van der Waals surface area contributed by atoms with Gasteiger partial charge in [-0.3, -0.25) is 0 Å². The van der Waals surface area contributed by atoms with Crippen LogP contribution in [0.2, 0.25) is 0 Å². The lowest BCUT2D eigenvalue weighted by atomic mass is 10.2. The number of aliphatic hydroxyl groups is 1. The fourth-order valence-electron chi connectivity index (χ4n) is 2.69. The third-order valence-corrected chi connectivity index (χ3v) is 4.83. The molecule has 0 bridgehead atoms. The highest BCUT2D eigenvalue weighted by molar-refractivity contribution is 7.21. The molecule has 1 N–H and O–H groups in total. The van der Waals surface area contributed by atoms with Crippen LogP contribution in [0.1, 0.15) is 5.82 Å². The third-order valence-electron chi connectivity index (χ3n) is 3.75. The number of benzene rings is 1. The van der Waals surface area contributed by atoms with Crippen molar-refractivity contribution in [3.63, 3.8) is 0 Å². The number of fused-ring (bicyclic) bond motifs is 1. The largest absolute Gasteiger partial charge is 0.389 e. The SMILES string of the molecule is COCC(O)CN(C)c1nc(C)nc2sc(-c3ccccc3)cc12. The average Bonchev–Trinajstić information content (AvgIpc) is 2.98. The minimum absolute atomic E-state index is 0.302. The van der Waals surface area contributed by atoms with Gasteiger partial charge >= 0.3 is 0 Å². The molecule has 126 valence electrons. The van der Waals surface area contributed by atoms with Crippen LogP contribution in [0.15, 0.2) is 36.4 Å². The average molecular weight is 343 g/mol. The lowest BCUT2D eigenvalue weighted by Crippen LogP contribution is -2.32. The number of ether oxygens (including phenoxy) is 1. The standard InChI is InChI=1S/C18H21N3O2S/c1-12-19-17(21(2)10-14(22)11-23-3)15-9-16(24-18(15)20-12)13-7-5-4-6-8-13/h4-9,14,22H,10-11H2,1-3H3. The van der Waals surface area contributed by atoms with Gasteiger partial charge in [-0.25, -0.2) is 9.97 Å². The molecule has 1 aromatic carbocycles. The Bertz CT molecular complexity index is 820. The van der Waals surface area contributed by atoms with E-state index >= 15 is 0 Å². The molecule has 0 saturated heterocycles. The summed E-state index contributed by atoms with van der Waals surface area (Å²) in [5, 5.41) is 11.0. The van der Waals surface area contributed by atoms with E-state index in [2.05, 4.69) is 28.2 Å². The lowest BCUT2D eigenvalue weighted by Gasteiger charge is -2.22. The summed E-state index contributed by atoms with van der Waals surface area (Å²) < 4.78 is 5.01. The Balaban J connectivity index is 2.00. The van der Waals surface area contributed by atoms with Crippen molar-refractivity contribution in [2.24, 2.45) is 0 Å². The van der Waals surface area contributed by atoms with Crippen molar-refractivity contribution in [2.45, 2.75) is 13.0 Å². The normalized spacial score (nSPS) is 12.5. The van der Waals surface area contributed by atoms with Crippen molar-refractivity contribution < 1.29 is 9.84 Å². The summed E-state index contributed by atoms with van der Waals surface area (Å²) in [6.07, 6.45) is -0.558. The van der Waals surface area contributed by atoms with Gasteiger partial charge in [0.15, 0.2) is 0 Å². The zero-order valence-electron chi connectivity index (χ0n) is 14.1. The quantitative estimate of drug-likeness (QED) is 0.745. The van der Waals surface area contributed by atoms with Crippen molar-refractivity contribution in [2.75, 3.05) is 32.2 Å². The van der Waals surface area contributed by atoms with Gasteiger partial charge in [-0.2, -0.15) is 0 Å². The summed E-state index contributed by atoms with van der Waals surface area (Å²) in [5.41, 5.74) is 1.17. The summed E-state index contributed by atoms with van der Waals surface area (Å²) in [7, 11) is 3.52. The van der Waals surface area contributed by atoms with Crippen molar-refractivity contribution >= 4 is 27.4 Å². The molecule has 6 heteroatoms. The zero-order valence-corrected chi connectivity index (χ0v) is 14.9. The maximum atomic E-state index is 10.00. The lowest BCUT2D eigenvalue weighted by molar-refractivity contribution is 0.0694. The Kier molecular flexibility index (Phi) is 5.08. The molecule has 0 amide bonds. The van der Waals surface area contributed by atoms with Gasteiger partial charge in [-0.15, -0.1) is 11.3 Å². The highest BCUT2D eigenvalue weighted by atomic mass is 32.1. The van der Waals surface area contributed by atoms with Gasteiger partial charge in [0.25, 0.3) is 0 Å². The summed E-state index contributed by atoms with van der Waals surface area (Å²) in [4.78, 5) is 13.3. The predicted molar refractivity (Wildman–Crippen MR) is 98.7 cm³/mol. The van der Waals surface area contributed by atoms with E-state index in [4.69, 9.17) is 4.74 Å². The van der Waals surface area contributed by atoms with Gasteiger partial charge in [0.2, 0.25) is 0 Å². The molecular formula is C18H21N3O2S. The molecule has 2 heterocycles. The number of hydrogen-bond acceptors (Lipinski definition) is 6. The molecule has 0 radical (unpaired) electrons. The number of methoxy groups -OCH3 is 1.